The van der Waals surface area contributed by atoms with E-state index in [1.165, 1.54) is 0 Å². The molecule has 0 spiro atoms. The minimum atomic E-state index is -0.0775. The summed E-state index contributed by atoms with van der Waals surface area (Å²) in [4.78, 5) is 29.2. The van der Waals surface area contributed by atoms with Gasteiger partial charge in [-0.3, -0.25) is 9.59 Å². The van der Waals surface area contributed by atoms with Gasteiger partial charge >= 0.3 is 0 Å². The lowest BCUT2D eigenvalue weighted by atomic mass is 9.89. The van der Waals surface area contributed by atoms with Crippen LogP contribution < -0.4 is 9.80 Å². The largest absolute Gasteiger partial charge is 0.309 e. The Labute approximate surface area is 161 Å². The van der Waals surface area contributed by atoms with Crippen molar-refractivity contribution in [1.29, 1.82) is 0 Å². The number of rotatable bonds is 5. The highest BCUT2D eigenvalue weighted by Crippen LogP contribution is 2.42. The molecule has 27 heavy (non-hydrogen) atoms. The molecule has 2 amide bonds. The van der Waals surface area contributed by atoms with E-state index in [1.807, 2.05) is 64.4 Å². The standard InChI is InChI=1S/C23H28N2O2/c1-4-5-15-23(27)24-17(2)16-22(20-13-9-10-14-21(20)24)25(18(3)26)19-11-7-6-8-12-19/h6-14,17,22H,4-5,15-16H2,1-3H3/t17-,22-/m1/s1. The summed E-state index contributed by atoms with van der Waals surface area (Å²) in [6.07, 6.45) is 3.19. The highest BCUT2D eigenvalue weighted by Gasteiger charge is 2.37. The second-order valence-corrected chi connectivity index (χ2v) is 7.25. The average Bonchev–Trinajstić information content (AvgIpc) is 2.67. The second kappa shape index (κ2) is 8.38. The minimum absolute atomic E-state index is 0.0129. The Morgan fingerprint density at radius 2 is 1.74 bits per heavy atom. The summed E-state index contributed by atoms with van der Waals surface area (Å²) >= 11 is 0. The number of carbonyl (C=O) groups excluding carboxylic acids is 2. The van der Waals surface area contributed by atoms with E-state index in [1.54, 1.807) is 6.92 Å². The number of anilines is 2. The topological polar surface area (TPSA) is 40.6 Å². The van der Waals surface area contributed by atoms with Crippen molar-refractivity contribution in [3.05, 3.63) is 60.2 Å². The van der Waals surface area contributed by atoms with E-state index < -0.39 is 0 Å². The number of amides is 2. The van der Waals surface area contributed by atoms with Gasteiger partial charge in [-0.15, -0.1) is 0 Å². The van der Waals surface area contributed by atoms with Crippen molar-refractivity contribution in [3.8, 4) is 0 Å². The van der Waals surface area contributed by atoms with Gasteiger partial charge in [0.2, 0.25) is 11.8 Å². The van der Waals surface area contributed by atoms with Gasteiger partial charge < -0.3 is 9.80 Å². The first-order valence-electron chi connectivity index (χ1n) is 9.80. The summed E-state index contributed by atoms with van der Waals surface area (Å²) in [7, 11) is 0. The number of hydrogen-bond donors (Lipinski definition) is 0. The highest BCUT2D eigenvalue weighted by molar-refractivity contribution is 5.97. The van der Waals surface area contributed by atoms with Crippen molar-refractivity contribution in [2.45, 2.75) is 58.5 Å². The van der Waals surface area contributed by atoms with Gasteiger partial charge in [0.15, 0.2) is 0 Å². The fourth-order valence-corrected chi connectivity index (χ4v) is 4.02. The second-order valence-electron chi connectivity index (χ2n) is 7.25. The molecule has 0 saturated carbocycles. The Kier molecular flexibility index (Phi) is 5.94. The Morgan fingerprint density at radius 3 is 2.41 bits per heavy atom. The molecule has 1 aliphatic heterocycles. The number of unbranched alkanes of at least 4 members (excludes halogenated alkanes) is 1. The van der Waals surface area contributed by atoms with Crippen molar-refractivity contribution < 1.29 is 9.59 Å². The molecule has 142 valence electrons. The van der Waals surface area contributed by atoms with E-state index in [2.05, 4.69) is 13.8 Å². The first kappa shape index (κ1) is 19.2. The van der Waals surface area contributed by atoms with E-state index in [9.17, 15) is 9.59 Å². The predicted octanol–water partition coefficient (Wildman–Crippen LogP) is 5.10. The van der Waals surface area contributed by atoms with Gasteiger partial charge in [0.25, 0.3) is 0 Å². The molecule has 0 fully saturated rings. The SMILES string of the molecule is CCCCC(=O)N1c2ccccc2[C@H](N(C(C)=O)c2ccccc2)C[C@H]1C. The molecule has 3 rings (SSSR count). The maximum atomic E-state index is 12.9. The van der Waals surface area contributed by atoms with E-state index in [4.69, 9.17) is 0 Å². The summed E-state index contributed by atoms with van der Waals surface area (Å²) in [5, 5.41) is 0. The first-order chi connectivity index (χ1) is 13.0. The quantitative estimate of drug-likeness (QED) is 0.741. The molecule has 0 bridgehead atoms. The molecule has 4 nitrogen and oxygen atoms in total. The zero-order chi connectivity index (χ0) is 19.4. The van der Waals surface area contributed by atoms with Gasteiger partial charge in [-0.05, 0) is 43.5 Å². The molecule has 0 N–H and O–H groups in total. The molecule has 0 aliphatic carbocycles. The van der Waals surface area contributed by atoms with Crippen LogP contribution in [0.2, 0.25) is 0 Å². The van der Waals surface area contributed by atoms with Gasteiger partial charge in [-0.25, -0.2) is 0 Å². The van der Waals surface area contributed by atoms with Crippen LogP contribution >= 0.6 is 0 Å². The molecule has 0 unspecified atom stereocenters. The van der Waals surface area contributed by atoms with Crippen LogP contribution in [0.25, 0.3) is 0 Å². The zero-order valence-corrected chi connectivity index (χ0v) is 16.4. The third-order valence-corrected chi connectivity index (χ3v) is 5.26. The minimum Gasteiger partial charge on any atom is -0.309 e. The van der Waals surface area contributed by atoms with E-state index in [0.717, 1.165) is 36.2 Å². The van der Waals surface area contributed by atoms with Gasteiger partial charge in [-0.2, -0.15) is 0 Å². The summed E-state index contributed by atoms with van der Waals surface area (Å²) in [6, 6.07) is 17.7. The Hall–Kier alpha value is -2.62. The lowest BCUT2D eigenvalue weighted by molar-refractivity contribution is -0.119. The number of fused-ring (bicyclic) bond motifs is 1. The lowest BCUT2D eigenvalue weighted by Gasteiger charge is -2.43. The van der Waals surface area contributed by atoms with Gasteiger partial charge in [0.1, 0.15) is 0 Å². The van der Waals surface area contributed by atoms with Crippen LogP contribution in [0.1, 0.15) is 58.1 Å². The summed E-state index contributed by atoms with van der Waals surface area (Å²) in [6.45, 7) is 5.79. The summed E-state index contributed by atoms with van der Waals surface area (Å²) in [5.74, 6) is 0.184. The fourth-order valence-electron chi connectivity index (χ4n) is 4.02. The van der Waals surface area contributed by atoms with Crippen LogP contribution in [0.3, 0.4) is 0 Å². The van der Waals surface area contributed by atoms with Crippen LogP contribution in [0, 0.1) is 0 Å². The Bertz CT molecular complexity index is 803. The first-order valence-corrected chi connectivity index (χ1v) is 9.80. The molecule has 1 heterocycles. The molecule has 2 atom stereocenters. The molecule has 0 aromatic heterocycles. The van der Waals surface area contributed by atoms with Gasteiger partial charge in [0.05, 0.1) is 6.04 Å². The molecule has 0 saturated heterocycles. The van der Waals surface area contributed by atoms with Crippen LogP contribution in [0.4, 0.5) is 11.4 Å². The molecule has 2 aromatic rings. The van der Waals surface area contributed by atoms with Crippen LogP contribution in [0.15, 0.2) is 54.6 Å². The van der Waals surface area contributed by atoms with Crippen molar-refractivity contribution in [2.75, 3.05) is 9.80 Å². The van der Waals surface area contributed by atoms with Crippen molar-refractivity contribution in [3.63, 3.8) is 0 Å². The molecule has 1 aliphatic rings. The van der Waals surface area contributed by atoms with E-state index >= 15 is 0 Å². The number of para-hydroxylation sites is 2. The Balaban J connectivity index is 2.02. The maximum absolute atomic E-state index is 12.9. The van der Waals surface area contributed by atoms with Crippen LogP contribution in [0.5, 0.6) is 0 Å². The van der Waals surface area contributed by atoms with Crippen molar-refractivity contribution >= 4 is 23.2 Å². The molecule has 4 heteroatoms. The fraction of sp³-hybridized carbons (Fsp3) is 0.391. The third kappa shape index (κ3) is 3.90. The normalized spacial score (nSPS) is 18.7. The monoisotopic (exact) mass is 364 g/mol. The van der Waals surface area contributed by atoms with Gasteiger partial charge in [0, 0.05) is 30.8 Å². The van der Waals surface area contributed by atoms with E-state index in [-0.39, 0.29) is 23.9 Å². The molecule has 0 radical (unpaired) electrons. The lowest BCUT2D eigenvalue weighted by Crippen LogP contribution is -2.47. The zero-order valence-electron chi connectivity index (χ0n) is 16.4. The maximum Gasteiger partial charge on any atom is 0.227 e. The average molecular weight is 364 g/mol. The predicted molar refractivity (Wildman–Crippen MR) is 110 cm³/mol. The van der Waals surface area contributed by atoms with Crippen molar-refractivity contribution in [2.24, 2.45) is 0 Å². The number of hydrogen-bond acceptors (Lipinski definition) is 2. The molecule has 2 aromatic carbocycles. The molecular formula is C23H28N2O2. The summed E-state index contributed by atoms with van der Waals surface area (Å²) in [5.41, 5.74) is 2.87. The van der Waals surface area contributed by atoms with Crippen LogP contribution in [-0.4, -0.2) is 17.9 Å². The summed E-state index contributed by atoms with van der Waals surface area (Å²) < 4.78 is 0. The van der Waals surface area contributed by atoms with Crippen LogP contribution in [-0.2, 0) is 9.59 Å². The van der Waals surface area contributed by atoms with Gasteiger partial charge in [-0.1, -0.05) is 49.7 Å². The number of nitrogens with zero attached hydrogens (tertiary/aromatic N) is 2. The molecular weight excluding hydrogens is 336 g/mol. The number of benzene rings is 2. The third-order valence-electron chi connectivity index (χ3n) is 5.26. The smallest absolute Gasteiger partial charge is 0.227 e. The van der Waals surface area contributed by atoms with Crippen molar-refractivity contribution in [1.82, 2.24) is 0 Å². The van der Waals surface area contributed by atoms with E-state index in [0.29, 0.717) is 6.42 Å². The highest BCUT2D eigenvalue weighted by atomic mass is 16.2. The number of carbonyl (C=O) groups is 2. The Morgan fingerprint density at radius 1 is 1.07 bits per heavy atom.